The molecule has 7 aliphatic rings. The van der Waals surface area contributed by atoms with Crippen molar-refractivity contribution >= 4 is 65.4 Å². The molecule has 0 aliphatic carbocycles. The van der Waals surface area contributed by atoms with Crippen LogP contribution in [-0.4, -0.2) is 451 Å². The van der Waals surface area contributed by atoms with Crippen LogP contribution in [0.15, 0.2) is 0 Å². The summed E-state index contributed by atoms with van der Waals surface area (Å²) in [6.45, 7) is 28.1. The van der Waals surface area contributed by atoms with Crippen molar-refractivity contribution in [3.63, 3.8) is 0 Å². The second-order valence-corrected chi connectivity index (χ2v) is 23.6. The van der Waals surface area contributed by atoms with Crippen LogP contribution < -0.4 is 74.3 Å². The molecule has 29 nitrogen and oxygen atoms in total. The number of hydrogen-bond acceptors (Lipinski definition) is 26. The summed E-state index contributed by atoms with van der Waals surface area (Å²) in [4.78, 5) is 83.2. The zero-order valence-corrected chi connectivity index (χ0v) is 67.2. The number of aliphatic hydroxyl groups is 1. The molecule has 7 saturated heterocycles. The van der Waals surface area contributed by atoms with Gasteiger partial charge in [-0.1, -0.05) is 0 Å². The van der Waals surface area contributed by atoms with Crippen LogP contribution in [0.5, 0.6) is 0 Å². The molecule has 7 rings (SSSR count). The minimum absolute atomic E-state index is 0. The van der Waals surface area contributed by atoms with Gasteiger partial charge in [-0.3, -0.25) is 48.5 Å². The van der Waals surface area contributed by atoms with Gasteiger partial charge in [-0.2, -0.15) is 6.92 Å². The summed E-state index contributed by atoms with van der Waals surface area (Å²) in [5.41, 5.74) is 8.28. The quantitative estimate of drug-likeness (QED) is 0.0412. The van der Waals surface area contributed by atoms with E-state index < -0.39 is 18.0 Å². The van der Waals surface area contributed by atoms with Crippen LogP contribution in [0, 0.1) is 13.8 Å². The monoisotopic (exact) mass is 1430 g/mol. The number of likely N-dealkylation sites (N-methyl/N-ethyl adjacent to an activating group) is 13. The molecule has 0 radical (unpaired) electrons. The van der Waals surface area contributed by atoms with Crippen molar-refractivity contribution in [3.8, 4) is 0 Å². The molecule has 1 amide bonds. The maximum Gasteiger partial charge on any atom is 2.00 e. The number of carbonyl (C=O) groups excluding carboxylic acids is 2. The van der Waals surface area contributed by atoms with Crippen molar-refractivity contribution in [3.05, 3.63) is 13.8 Å². The van der Waals surface area contributed by atoms with E-state index in [0.717, 1.165) is 98.2 Å². The van der Waals surface area contributed by atoms with Gasteiger partial charge in [-0.05, 0) is 112 Å². The Morgan fingerprint density at radius 3 is 1.29 bits per heavy atom. The molecule has 0 aromatic heterocycles. The van der Waals surface area contributed by atoms with Gasteiger partial charge < -0.3 is 102 Å². The van der Waals surface area contributed by atoms with Gasteiger partial charge in [-0.15, -0.1) is 17.6 Å². The summed E-state index contributed by atoms with van der Waals surface area (Å²) in [6.07, 6.45) is 3.53. The van der Waals surface area contributed by atoms with Crippen molar-refractivity contribution in [2.45, 2.75) is 82.1 Å². The molecule has 538 valence electrons. The molecule has 0 saturated carbocycles. The molecular formula is C58H130BBrClMgN18NaO11. The van der Waals surface area contributed by atoms with E-state index in [1.54, 1.807) is 28.1 Å². The van der Waals surface area contributed by atoms with Crippen molar-refractivity contribution in [2.24, 2.45) is 11.6 Å². The predicted octanol–water partition coefficient (Wildman–Crippen LogP) is -9.75. The zero-order chi connectivity index (χ0) is 68.2. The Kier molecular flexibility index (Phi) is 71.8. The number of Topliss-reactive ketones (excluding diaryl/α,β-unsaturated/α-hetero) is 1. The molecule has 34 heteroatoms. The first-order valence-electron chi connectivity index (χ1n) is 30.5. The van der Waals surface area contributed by atoms with Gasteiger partial charge in [0.05, 0.1) is 26.4 Å². The van der Waals surface area contributed by atoms with Gasteiger partial charge >= 0.3 is 93.6 Å². The Morgan fingerprint density at radius 2 is 1.02 bits per heavy atom. The second-order valence-electron chi connectivity index (χ2n) is 23.6. The van der Waals surface area contributed by atoms with Gasteiger partial charge in [0.25, 0.3) is 5.91 Å². The molecule has 0 aromatic rings. The number of aliphatic hydroxyl groups excluding tert-OH is 1. The number of alkyl halides is 1. The summed E-state index contributed by atoms with van der Waals surface area (Å²) in [5.74, 6) is 3.20. The molecule has 92 heavy (non-hydrogen) atoms. The van der Waals surface area contributed by atoms with Gasteiger partial charge in [0.15, 0.2) is 0 Å². The third kappa shape index (κ3) is 48.4. The SMILES string of the molecule is CC(=O)C1CN(C)CCN1C.CC(N)C1CN(C)CCN1C.CC(O)C1CN(C)CCN1C.CCl.CN1CCN(C)C(C(=O)O)C1.CNOC.CON(C)C(=O)C1CN(C)CCN1C.C[CH-]C1CN(C)CCN1C.NOCB=O.O=C(O)C1CNCCN1.[Br-].[CH3-].[Mg+2].[Na+]. The van der Waals surface area contributed by atoms with E-state index in [1.165, 1.54) is 44.7 Å². The Bertz CT molecular complexity index is 1740. The number of piperazine rings is 7. The summed E-state index contributed by atoms with van der Waals surface area (Å²) in [7, 11) is 31.7. The number of nitrogens with two attached hydrogens (primary N) is 2. The third-order valence-corrected chi connectivity index (χ3v) is 16.1. The average molecular weight is 1430 g/mol. The predicted molar refractivity (Wildman–Crippen MR) is 366 cm³/mol. The number of hydroxylamine groups is 3. The standard InChI is InChI=1S/C9H19N3O2.C8H19N3.C8H18N2O.C8H16N2O.C8H17N2.C7H14N2O2.C5H10N2O2.C2H7NO.CH4BNO2.CH3Cl.CH3.BrH.Mg.Na/c1-10-5-6-11(2)8(7-10)9(13)12(3)14-4;1-7(9)8-6-10(2)4-5-11(8)3;2*1-7(11)8-6-9(2)4-5-10(8)3;1-4-8-7-9(2)5-6-10(8)3;1-8-3-4-9(2)6(5-8)7(10)11;8-5(9)4-3-6-1-2-7-4;1-3-4-2;3-5-1-2-4;1-2;;;;/h8H,5-7H2,1-4H3;7-8H,4-6,9H2,1-3H3;7-8,11H,4-6H2,1-3H3;8H,4-6H2,1-3H3;4,8H,5-7H2,1-3H3;6H,3-5H2,1-2H3,(H,10,11);4,6-7H,1-3H2,(H,8,9);3H,1-2H3;1,3H2;1H3;1H3;1H;;/q;;;;-1;;;;;;-1;;+2;+1/p-1. The number of hydrogen-bond donors (Lipinski definition) is 8. The number of ketones is 1. The van der Waals surface area contributed by atoms with E-state index in [9.17, 15) is 29.0 Å². The van der Waals surface area contributed by atoms with Crippen LogP contribution in [0.25, 0.3) is 0 Å². The van der Waals surface area contributed by atoms with Crippen molar-refractivity contribution < 1.29 is 100 Å². The van der Waals surface area contributed by atoms with Gasteiger partial charge in [-0.25, -0.2) is 10.5 Å². The van der Waals surface area contributed by atoms with Crippen LogP contribution in [0.2, 0.25) is 0 Å². The molecule has 7 fully saturated rings. The Morgan fingerprint density at radius 1 is 0.652 bits per heavy atom. The minimum atomic E-state index is -0.776. The Hall–Kier alpha value is -0.359. The topological polar surface area (TPSA) is 304 Å². The van der Waals surface area contributed by atoms with Crippen LogP contribution in [0.1, 0.15) is 27.7 Å². The molecule has 7 aliphatic heterocycles. The summed E-state index contributed by atoms with van der Waals surface area (Å²) in [5, 5.41) is 33.7. The first-order valence-corrected chi connectivity index (χ1v) is 31.2. The van der Waals surface area contributed by atoms with E-state index in [2.05, 4.69) is 162 Å². The first-order chi connectivity index (χ1) is 41.4. The number of halogens is 2. The van der Waals surface area contributed by atoms with Gasteiger partial charge in [0.1, 0.15) is 23.9 Å². The molecule has 9 atom stereocenters. The number of carboxylic acid groups (broad SMARTS) is 2. The van der Waals surface area contributed by atoms with Crippen LogP contribution in [0.4, 0.5) is 0 Å². The van der Waals surface area contributed by atoms with Crippen LogP contribution in [-0.2, 0) is 38.4 Å². The van der Waals surface area contributed by atoms with Crippen LogP contribution in [0.3, 0.4) is 0 Å². The van der Waals surface area contributed by atoms with Crippen molar-refractivity contribution in [1.82, 2.24) is 80.0 Å². The number of nitrogens with one attached hydrogen (secondary N) is 3. The summed E-state index contributed by atoms with van der Waals surface area (Å²) >= 11 is 4.64. The summed E-state index contributed by atoms with van der Waals surface area (Å²) in [6, 6.07) is 1.11. The fourth-order valence-electron chi connectivity index (χ4n) is 9.75. The molecule has 0 bridgehead atoms. The number of rotatable bonds is 11. The number of carboxylic acids is 2. The van der Waals surface area contributed by atoms with E-state index in [4.69, 9.17) is 20.8 Å². The third-order valence-electron chi connectivity index (χ3n) is 16.1. The largest absolute Gasteiger partial charge is 2.00 e. The van der Waals surface area contributed by atoms with Crippen molar-refractivity contribution in [1.29, 1.82) is 0 Å². The fraction of sp³-hybridized carbons (Fsp3) is 0.897. The van der Waals surface area contributed by atoms with Crippen molar-refractivity contribution in [2.75, 3.05) is 263 Å². The minimum Gasteiger partial charge on any atom is -1.00 e. The van der Waals surface area contributed by atoms with E-state index in [1.807, 2.05) is 52.0 Å². The Balaban J connectivity index is -0.000000178. The van der Waals surface area contributed by atoms with E-state index in [0.29, 0.717) is 38.4 Å². The smallest absolute Gasteiger partial charge is 1.00 e. The average Bonchev–Trinajstić information content (AvgIpc) is 2.30. The fourth-order valence-corrected chi connectivity index (χ4v) is 9.75. The molecule has 10 N–H and O–H groups in total. The number of aliphatic carboxylic acids is 2. The molecule has 7 heterocycles. The maximum absolute atomic E-state index is 11.8. The molecular weight excluding hydrogens is 1300 g/mol. The van der Waals surface area contributed by atoms with Gasteiger partial charge in [0.2, 0.25) is 0 Å². The molecule has 0 spiro atoms. The Labute approximate surface area is 612 Å². The molecule has 9 unspecified atom stereocenters. The number of carbonyl (C=O) groups is 4. The first kappa shape index (κ1) is 105. The zero-order valence-electron chi connectivity index (χ0n) is 61.4. The summed E-state index contributed by atoms with van der Waals surface area (Å²) < 4.78 is 9.20. The number of nitrogens with zero attached hydrogens (tertiary/aromatic N) is 13. The van der Waals surface area contributed by atoms with E-state index in [-0.39, 0.29) is 125 Å². The normalized spacial score (nSPS) is 25.2. The van der Waals surface area contributed by atoms with Crippen LogP contribution >= 0.6 is 11.6 Å². The van der Waals surface area contributed by atoms with E-state index >= 15 is 0 Å². The molecule has 0 aromatic carbocycles. The number of amides is 1. The maximum atomic E-state index is 11.8. The second kappa shape index (κ2) is 62.9. The van der Waals surface area contributed by atoms with Gasteiger partial charge in [0, 0.05) is 169 Å².